The Hall–Kier alpha value is -5.45. The number of rotatable bonds is 13. The number of fused-ring (bicyclic) bond motifs is 1. The van der Waals surface area contributed by atoms with Crippen LogP contribution in [0.25, 0.3) is 0 Å². The predicted molar refractivity (Wildman–Crippen MR) is 199 cm³/mol. The number of thioether (sulfide) groups is 1. The topological polar surface area (TPSA) is 164 Å². The molecule has 53 heavy (non-hydrogen) atoms. The van der Waals surface area contributed by atoms with Crippen LogP contribution in [0.15, 0.2) is 72.0 Å². The number of imide groups is 1. The third-order valence-electron chi connectivity index (χ3n) is 9.32. The second-order valence-electron chi connectivity index (χ2n) is 13.2. The second-order valence-corrected chi connectivity index (χ2v) is 14.4. The number of benzene rings is 3. The summed E-state index contributed by atoms with van der Waals surface area (Å²) in [7, 11) is 0. The van der Waals surface area contributed by atoms with Gasteiger partial charge in [0.25, 0.3) is 5.91 Å². The zero-order valence-corrected chi connectivity index (χ0v) is 31.0. The van der Waals surface area contributed by atoms with Crippen molar-refractivity contribution < 1.29 is 28.7 Å². The van der Waals surface area contributed by atoms with Crippen LogP contribution >= 0.6 is 23.4 Å². The normalized spacial score (nSPS) is 15.4. The number of carbonyl (C=O) groups excluding carboxylic acids is 4. The van der Waals surface area contributed by atoms with Crippen molar-refractivity contribution in [3.63, 3.8) is 0 Å². The lowest BCUT2D eigenvalue weighted by molar-refractivity contribution is -0.137. The molecular formula is C39H37ClN6O6S. The highest BCUT2D eigenvalue weighted by Crippen LogP contribution is 2.39. The van der Waals surface area contributed by atoms with Crippen molar-refractivity contribution in [2.75, 3.05) is 18.2 Å². The average Bonchev–Trinajstić information content (AvgIpc) is 3.47. The molecule has 4 aromatic rings. The first kappa shape index (κ1) is 37.3. The molecule has 4 amide bonds. The number of hydrogen-bond acceptors (Lipinski definition) is 10. The molecule has 3 heterocycles. The number of piperidine rings is 1. The van der Waals surface area contributed by atoms with Gasteiger partial charge in [0.2, 0.25) is 17.7 Å². The number of aromatic nitrogens is 2. The quantitative estimate of drug-likeness (QED) is 0.0697. The van der Waals surface area contributed by atoms with Crippen molar-refractivity contribution in [1.82, 2.24) is 20.2 Å². The molecule has 1 atom stereocenters. The summed E-state index contributed by atoms with van der Waals surface area (Å²) in [5.74, 6) is -0.395. The second kappa shape index (κ2) is 16.1. The molecule has 0 aliphatic carbocycles. The molecule has 6 rings (SSSR count). The Bertz CT molecular complexity index is 2120. The molecule has 0 saturated carbocycles. The van der Waals surface area contributed by atoms with Gasteiger partial charge in [-0.15, -0.1) is 0 Å². The minimum atomic E-state index is -0.711. The van der Waals surface area contributed by atoms with Gasteiger partial charge in [0.1, 0.15) is 24.5 Å². The van der Waals surface area contributed by atoms with Crippen LogP contribution in [-0.2, 0) is 33.0 Å². The molecule has 1 aromatic heterocycles. The van der Waals surface area contributed by atoms with Crippen molar-refractivity contribution >= 4 is 52.7 Å². The largest absolute Gasteiger partial charge is 0.491 e. The lowest BCUT2D eigenvalue weighted by Gasteiger charge is -2.29. The van der Waals surface area contributed by atoms with E-state index < -0.39 is 17.4 Å². The van der Waals surface area contributed by atoms with Gasteiger partial charge in [0.05, 0.1) is 22.9 Å². The molecule has 12 nitrogen and oxygen atoms in total. The van der Waals surface area contributed by atoms with Crippen LogP contribution in [-0.4, -0.2) is 57.4 Å². The third kappa shape index (κ3) is 8.45. The van der Waals surface area contributed by atoms with Gasteiger partial charge in [0, 0.05) is 42.2 Å². The zero-order valence-electron chi connectivity index (χ0n) is 29.4. The molecule has 2 aliphatic heterocycles. The molecule has 0 radical (unpaired) electrons. The number of nitriles is 1. The Kier molecular flexibility index (Phi) is 11.3. The number of halogens is 1. The standard InChI is InChI=1S/C39H37ClN6O6S/c1-39(2,25-6-9-29(10-7-25)52-22-28-14-15-42-38(44-28)53-3)26-17-23(20-41)35(31(40)19-26)51-16-4-5-33(47)43-27-8-11-30-24(18-27)21-46(37(30)50)32-12-13-34(48)45-36(32)49/h6-11,14-15,17-19,32H,4-5,12-13,16,21-22H2,1-3H3,(H,43,47)(H,45,48,49). The number of nitrogens with one attached hydrogen (secondary N) is 2. The van der Waals surface area contributed by atoms with Crippen LogP contribution in [0.2, 0.25) is 5.02 Å². The van der Waals surface area contributed by atoms with E-state index in [1.807, 2.05) is 50.4 Å². The Morgan fingerprint density at radius 3 is 2.62 bits per heavy atom. The first-order chi connectivity index (χ1) is 25.5. The van der Waals surface area contributed by atoms with Crippen molar-refractivity contribution in [3.8, 4) is 17.6 Å². The summed E-state index contributed by atoms with van der Waals surface area (Å²) in [5.41, 5.74) is 4.08. The van der Waals surface area contributed by atoms with Crippen LogP contribution in [0.3, 0.4) is 0 Å². The highest BCUT2D eigenvalue weighted by Gasteiger charge is 2.39. The molecule has 272 valence electrons. The molecule has 2 N–H and O–H groups in total. The van der Waals surface area contributed by atoms with E-state index >= 15 is 0 Å². The maximum Gasteiger partial charge on any atom is 0.255 e. The monoisotopic (exact) mass is 752 g/mol. The third-order valence-corrected chi connectivity index (χ3v) is 10.2. The lowest BCUT2D eigenvalue weighted by Crippen LogP contribution is -2.52. The van der Waals surface area contributed by atoms with Crippen LogP contribution in [0.1, 0.15) is 77.8 Å². The van der Waals surface area contributed by atoms with Crippen LogP contribution in [0.5, 0.6) is 11.5 Å². The lowest BCUT2D eigenvalue weighted by atomic mass is 9.77. The number of ether oxygens (including phenoxy) is 2. The van der Waals surface area contributed by atoms with Crippen LogP contribution < -0.4 is 20.1 Å². The fourth-order valence-corrected chi connectivity index (χ4v) is 6.96. The summed E-state index contributed by atoms with van der Waals surface area (Å²) >= 11 is 8.15. The summed E-state index contributed by atoms with van der Waals surface area (Å²) in [6.07, 6.45) is 4.58. The minimum Gasteiger partial charge on any atom is -0.491 e. The van der Waals surface area contributed by atoms with E-state index in [1.165, 1.54) is 16.7 Å². The van der Waals surface area contributed by atoms with Crippen LogP contribution in [0.4, 0.5) is 5.69 Å². The van der Waals surface area contributed by atoms with Gasteiger partial charge in [-0.1, -0.05) is 49.3 Å². The minimum absolute atomic E-state index is 0.140. The molecule has 1 saturated heterocycles. The molecule has 3 aromatic carbocycles. The SMILES string of the molecule is CSc1nccc(COc2ccc(C(C)(C)c3cc(Cl)c(OCCCC(=O)Nc4ccc5c(c4)CN(C4CCC(=O)NC4=O)C5=O)c(C#N)c3)cc2)n1. The van der Waals surface area contributed by atoms with E-state index in [0.717, 1.165) is 16.8 Å². The zero-order chi connectivity index (χ0) is 37.7. The van der Waals surface area contributed by atoms with Crippen molar-refractivity contribution in [2.24, 2.45) is 0 Å². The molecule has 0 spiro atoms. The highest BCUT2D eigenvalue weighted by molar-refractivity contribution is 7.98. The summed E-state index contributed by atoms with van der Waals surface area (Å²) < 4.78 is 11.9. The van der Waals surface area contributed by atoms with Gasteiger partial charge in [-0.3, -0.25) is 24.5 Å². The number of hydrogen-bond donors (Lipinski definition) is 2. The Labute approximate surface area is 316 Å². The maximum atomic E-state index is 13.0. The first-order valence-electron chi connectivity index (χ1n) is 17.0. The molecule has 1 fully saturated rings. The maximum absolute atomic E-state index is 13.0. The summed E-state index contributed by atoms with van der Waals surface area (Å²) in [5, 5.41) is 16.1. The average molecular weight is 753 g/mol. The van der Waals surface area contributed by atoms with Gasteiger partial charge in [-0.25, -0.2) is 9.97 Å². The molecule has 14 heteroatoms. The van der Waals surface area contributed by atoms with Gasteiger partial charge >= 0.3 is 0 Å². The van der Waals surface area contributed by atoms with Gasteiger partial charge in [-0.2, -0.15) is 5.26 Å². The van der Waals surface area contributed by atoms with Crippen molar-refractivity contribution in [1.29, 1.82) is 5.26 Å². The molecule has 1 unspecified atom stereocenters. The van der Waals surface area contributed by atoms with Gasteiger partial charge < -0.3 is 19.7 Å². The number of carbonyl (C=O) groups is 4. The van der Waals surface area contributed by atoms with E-state index in [4.69, 9.17) is 21.1 Å². The molecule has 0 bridgehead atoms. The van der Waals surface area contributed by atoms with E-state index in [0.29, 0.717) is 51.3 Å². The molecular weight excluding hydrogens is 716 g/mol. The number of anilines is 1. The van der Waals surface area contributed by atoms with Crippen molar-refractivity contribution in [3.05, 3.63) is 105 Å². The first-order valence-corrected chi connectivity index (χ1v) is 18.6. The van der Waals surface area contributed by atoms with Crippen molar-refractivity contribution in [2.45, 2.75) is 69.3 Å². The summed E-state index contributed by atoms with van der Waals surface area (Å²) in [6, 6.07) is 19.6. The Balaban J connectivity index is 1.01. The van der Waals surface area contributed by atoms with Gasteiger partial charge in [0.15, 0.2) is 10.9 Å². The Morgan fingerprint density at radius 2 is 1.89 bits per heavy atom. The Morgan fingerprint density at radius 1 is 1.09 bits per heavy atom. The number of nitrogens with zero attached hydrogens (tertiary/aromatic N) is 4. The van der Waals surface area contributed by atoms with E-state index in [2.05, 4.69) is 26.7 Å². The van der Waals surface area contributed by atoms with Gasteiger partial charge in [-0.05, 0) is 84.3 Å². The fraction of sp³-hybridized carbons (Fsp3) is 0.308. The fourth-order valence-electron chi connectivity index (χ4n) is 6.31. The number of amides is 4. The van der Waals surface area contributed by atoms with Crippen LogP contribution in [0, 0.1) is 11.3 Å². The molecule has 2 aliphatic rings. The van der Waals surface area contributed by atoms with E-state index in [9.17, 15) is 24.4 Å². The highest BCUT2D eigenvalue weighted by atomic mass is 35.5. The van der Waals surface area contributed by atoms with E-state index in [1.54, 1.807) is 36.5 Å². The smallest absolute Gasteiger partial charge is 0.255 e. The summed E-state index contributed by atoms with van der Waals surface area (Å²) in [4.78, 5) is 59.7. The summed E-state index contributed by atoms with van der Waals surface area (Å²) in [6.45, 7) is 4.78. The van der Waals surface area contributed by atoms with E-state index in [-0.39, 0.29) is 55.9 Å². The predicted octanol–water partition coefficient (Wildman–Crippen LogP) is 6.19.